The van der Waals surface area contributed by atoms with E-state index in [4.69, 9.17) is 10.5 Å². The highest BCUT2D eigenvalue weighted by Crippen LogP contribution is 2.69. The normalized spacial score (nSPS) is 37.3. The largest absolute Gasteiger partial charge is 0.449 e. The Morgan fingerprint density at radius 3 is 2.76 bits per heavy atom. The first-order valence-electron chi connectivity index (χ1n) is 14.7. The summed E-state index contributed by atoms with van der Waals surface area (Å²) in [5.41, 5.74) is 7.56. The van der Waals surface area contributed by atoms with Crippen molar-refractivity contribution >= 4 is 28.9 Å². The van der Waals surface area contributed by atoms with Gasteiger partial charge in [-0.1, -0.05) is 45.0 Å². The minimum absolute atomic E-state index is 0.0121. The van der Waals surface area contributed by atoms with Crippen LogP contribution in [-0.4, -0.2) is 48.5 Å². The van der Waals surface area contributed by atoms with Crippen molar-refractivity contribution in [2.45, 2.75) is 77.9 Å². The molecule has 8 atom stereocenters. The Balaban J connectivity index is 1.39. The standard InChI is InChI=1S/C31H39FN4O4S/c1-5-26(38)40-31(28(39)41-16-33)9-8-21-20-10-17(2)22-11-23-18(14-35-36(23)19-6-7-25(32)34-15-19)12-29(22,3)27(20)24(37)13-30(21,31)4/h6-7,11,14-15,17,20-21,24,27,37H,5,8-10,12-13,16,33H2,1-4H3/t17-,20-,21?,24-,27?,29-,30-,31-/m0/s1. The molecule has 3 fully saturated rings. The van der Waals surface area contributed by atoms with Crippen LogP contribution in [0.25, 0.3) is 11.8 Å². The van der Waals surface area contributed by atoms with Crippen LogP contribution in [-0.2, 0) is 20.7 Å². The molecule has 3 saturated carbocycles. The third-order valence-electron chi connectivity index (χ3n) is 10.9. The number of nitrogens with zero attached hydrogens (tertiary/aromatic N) is 3. The molecule has 8 nitrogen and oxygen atoms in total. The molecule has 2 aromatic heterocycles. The quantitative estimate of drug-likeness (QED) is 0.296. The molecule has 6 rings (SSSR count). The zero-order chi connectivity index (χ0) is 29.3. The molecule has 0 aromatic carbocycles. The number of hydrogen-bond acceptors (Lipinski definition) is 8. The van der Waals surface area contributed by atoms with Crippen molar-refractivity contribution in [3.63, 3.8) is 0 Å². The molecule has 0 amide bonds. The first-order chi connectivity index (χ1) is 19.5. The Morgan fingerprint density at radius 2 is 2.07 bits per heavy atom. The monoisotopic (exact) mass is 582 g/mol. The Morgan fingerprint density at radius 1 is 1.29 bits per heavy atom. The number of aliphatic hydroxyl groups is 1. The van der Waals surface area contributed by atoms with Crippen LogP contribution >= 0.6 is 11.8 Å². The van der Waals surface area contributed by atoms with E-state index in [2.05, 4.69) is 36.9 Å². The number of carbonyl (C=O) groups is 2. The topological polar surface area (TPSA) is 120 Å². The summed E-state index contributed by atoms with van der Waals surface area (Å²) >= 11 is 1.01. The maximum Gasteiger partial charge on any atom is 0.306 e. The van der Waals surface area contributed by atoms with Gasteiger partial charge in [0.05, 0.1) is 29.9 Å². The number of thioether (sulfide) groups is 1. The van der Waals surface area contributed by atoms with E-state index >= 15 is 0 Å². The van der Waals surface area contributed by atoms with Crippen LogP contribution in [0.15, 0.2) is 30.1 Å². The summed E-state index contributed by atoms with van der Waals surface area (Å²) in [5.74, 6) is -0.295. The maximum atomic E-state index is 13.7. The number of ether oxygens (including phenoxy) is 1. The highest BCUT2D eigenvalue weighted by atomic mass is 32.2. The second-order valence-corrected chi connectivity index (χ2v) is 13.9. The van der Waals surface area contributed by atoms with Crippen molar-refractivity contribution in [3.8, 4) is 5.69 Å². The van der Waals surface area contributed by atoms with Gasteiger partial charge in [-0.2, -0.15) is 9.49 Å². The average molecular weight is 583 g/mol. The number of carbonyl (C=O) groups excluding carboxylic acids is 2. The molecule has 0 spiro atoms. The fourth-order valence-corrected chi connectivity index (χ4v) is 10.1. The predicted molar refractivity (Wildman–Crippen MR) is 154 cm³/mol. The minimum atomic E-state index is -1.29. The number of fused-ring (bicyclic) bond motifs is 6. The molecule has 220 valence electrons. The SMILES string of the molecule is CCC(=O)O[C@]1(C(=O)SCN)CCC2[C@@H]3C[C@H](C)C4=Cc5c(cnn5-c5ccc(F)nc5)C[C@]4(C)C3[C@@H](O)C[C@@]21C. The van der Waals surface area contributed by atoms with Crippen molar-refractivity contribution in [1.82, 2.24) is 14.8 Å². The molecule has 41 heavy (non-hydrogen) atoms. The molecule has 4 aliphatic carbocycles. The van der Waals surface area contributed by atoms with Crippen molar-refractivity contribution in [3.05, 3.63) is 47.3 Å². The van der Waals surface area contributed by atoms with Crippen molar-refractivity contribution < 1.29 is 23.8 Å². The van der Waals surface area contributed by atoms with E-state index in [0.29, 0.717) is 18.5 Å². The molecule has 4 aliphatic rings. The second kappa shape index (κ2) is 10.0. The first kappa shape index (κ1) is 28.6. The lowest BCUT2D eigenvalue weighted by atomic mass is 9.44. The highest BCUT2D eigenvalue weighted by Gasteiger charge is 2.71. The summed E-state index contributed by atoms with van der Waals surface area (Å²) in [5, 5.41) is 16.5. The lowest BCUT2D eigenvalue weighted by Gasteiger charge is -2.61. The molecular formula is C31H39FN4O4S. The fourth-order valence-electron chi connectivity index (χ4n) is 9.31. The Hall–Kier alpha value is -2.56. The van der Waals surface area contributed by atoms with Crippen LogP contribution in [0.3, 0.4) is 0 Å². The number of aliphatic hydroxyl groups excluding tert-OH is 1. The lowest BCUT2D eigenvalue weighted by Crippen LogP contribution is -2.63. The van der Waals surface area contributed by atoms with Gasteiger partial charge in [-0.15, -0.1) is 0 Å². The van der Waals surface area contributed by atoms with E-state index in [1.54, 1.807) is 13.0 Å². The van der Waals surface area contributed by atoms with Gasteiger partial charge in [0.2, 0.25) is 11.1 Å². The number of halogens is 1. The number of hydrogen-bond donors (Lipinski definition) is 2. The number of pyridine rings is 1. The lowest BCUT2D eigenvalue weighted by molar-refractivity contribution is -0.197. The summed E-state index contributed by atoms with van der Waals surface area (Å²) in [6.07, 6.45) is 8.31. The van der Waals surface area contributed by atoms with Crippen LogP contribution in [0.4, 0.5) is 4.39 Å². The fraction of sp³-hybridized carbons (Fsp3) is 0.613. The first-order valence-corrected chi connectivity index (χ1v) is 15.7. The Kier molecular flexibility index (Phi) is 6.98. The average Bonchev–Trinajstić information content (AvgIpc) is 3.46. The number of rotatable bonds is 5. The molecule has 2 unspecified atom stereocenters. The van der Waals surface area contributed by atoms with E-state index in [1.807, 2.05) is 10.9 Å². The van der Waals surface area contributed by atoms with Crippen molar-refractivity contribution in [2.24, 2.45) is 40.2 Å². The predicted octanol–water partition coefficient (Wildman–Crippen LogP) is 4.67. The van der Waals surface area contributed by atoms with E-state index < -0.39 is 29.0 Å². The summed E-state index contributed by atoms with van der Waals surface area (Å²) in [4.78, 5) is 30.1. The van der Waals surface area contributed by atoms with Gasteiger partial charge in [-0.25, -0.2) is 9.67 Å². The maximum absolute atomic E-state index is 13.7. The summed E-state index contributed by atoms with van der Waals surface area (Å²) < 4.78 is 21.4. The van der Waals surface area contributed by atoms with Crippen LogP contribution in [0.2, 0.25) is 0 Å². The molecule has 10 heteroatoms. The molecule has 0 bridgehead atoms. The van der Waals surface area contributed by atoms with Gasteiger partial charge in [0.25, 0.3) is 0 Å². The van der Waals surface area contributed by atoms with Gasteiger partial charge in [0, 0.05) is 17.7 Å². The molecule has 2 aromatic rings. The van der Waals surface area contributed by atoms with Crippen LogP contribution < -0.4 is 5.73 Å². The van der Waals surface area contributed by atoms with Crippen molar-refractivity contribution in [1.29, 1.82) is 0 Å². The third kappa shape index (κ3) is 4.07. The molecule has 0 saturated heterocycles. The van der Waals surface area contributed by atoms with Gasteiger partial charge in [0.15, 0.2) is 5.60 Å². The Bertz CT molecular complexity index is 1410. The van der Waals surface area contributed by atoms with E-state index in [-0.39, 0.29) is 46.5 Å². The van der Waals surface area contributed by atoms with E-state index in [1.165, 1.54) is 17.8 Å². The van der Waals surface area contributed by atoms with Gasteiger partial charge in [-0.3, -0.25) is 9.59 Å². The van der Waals surface area contributed by atoms with Crippen LogP contribution in [0, 0.1) is 40.4 Å². The third-order valence-corrected chi connectivity index (χ3v) is 11.7. The number of nitrogens with two attached hydrogens (primary N) is 1. The zero-order valence-corrected chi connectivity index (χ0v) is 24.9. The zero-order valence-electron chi connectivity index (χ0n) is 24.1. The van der Waals surface area contributed by atoms with Gasteiger partial charge in [-0.05, 0) is 85.0 Å². The summed E-state index contributed by atoms with van der Waals surface area (Å²) in [7, 11) is 0. The molecular weight excluding hydrogens is 543 g/mol. The number of aromatic nitrogens is 3. The molecule has 2 heterocycles. The molecule has 0 aliphatic heterocycles. The summed E-state index contributed by atoms with van der Waals surface area (Å²) in [6.45, 7) is 8.31. The number of allylic oxidation sites excluding steroid dienone is 1. The second-order valence-electron chi connectivity index (χ2n) is 12.9. The van der Waals surface area contributed by atoms with E-state index in [9.17, 15) is 19.1 Å². The van der Waals surface area contributed by atoms with Crippen molar-refractivity contribution in [2.75, 3.05) is 5.88 Å². The summed E-state index contributed by atoms with van der Waals surface area (Å²) in [6, 6.07) is 3.01. The van der Waals surface area contributed by atoms with E-state index in [0.717, 1.165) is 42.3 Å². The smallest absolute Gasteiger partial charge is 0.306 e. The number of esters is 1. The minimum Gasteiger partial charge on any atom is -0.449 e. The van der Waals surface area contributed by atoms with Gasteiger partial charge < -0.3 is 15.6 Å². The highest BCUT2D eigenvalue weighted by molar-refractivity contribution is 8.13. The van der Waals surface area contributed by atoms with Crippen LogP contribution in [0.1, 0.15) is 71.1 Å². The molecule has 0 radical (unpaired) electrons. The van der Waals surface area contributed by atoms with Crippen LogP contribution in [0.5, 0.6) is 0 Å². The van der Waals surface area contributed by atoms with Gasteiger partial charge >= 0.3 is 5.97 Å². The Labute approximate surface area is 244 Å². The molecule has 3 N–H and O–H groups in total. The van der Waals surface area contributed by atoms with Gasteiger partial charge in [0.1, 0.15) is 0 Å².